The zero-order valence-electron chi connectivity index (χ0n) is 13.6. The van der Waals surface area contributed by atoms with Crippen LogP contribution in [-0.2, 0) is 17.6 Å². The van der Waals surface area contributed by atoms with Crippen LogP contribution in [0.5, 0.6) is 0 Å². The lowest BCUT2D eigenvalue weighted by molar-refractivity contribution is -0.0276. The Morgan fingerprint density at radius 3 is 2.83 bits per heavy atom. The second-order valence-electron chi connectivity index (χ2n) is 5.48. The molecule has 124 valence electrons. The average molecular weight is 319 g/mol. The Balaban J connectivity index is 1.74. The van der Waals surface area contributed by atoms with Gasteiger partial charge in [-0.15, -0.1) is 0 Å². The van der Waals surface area contributed by atoms with Crippen molar-refractivity contribution in [2.24, 2.45) is 0 Å². The molecule has 0 aromatic carbocycles. The van der Waals surface area contributed by atoms with Crippen molar-refractivity contribution in [2.75, 3.05) is 19.7 Å². The van der Waals surface area contributed by atoms with E-state index in [-0.39, 0.29) is 12.0 Å². The molecule has 0 saturated carbocycles. The number of aryl methyl sites for hydroxylation is 3. The predicted molar refractivity (Wildman–Crippen MR) is 81.0 cm³/mol. The van der Waals surface area contributed by atoms with Gasteiger partial charge in [-0.3, -0.25) is 9.89 Å². The van der Waals surface area contributed by atoms with Crippen LogP contribution in [0.2, 0.25) is 0 Å². The highest BCUT2D eigenvalue weighted by Gasteiger charge is 2.31. The van der Waals surface area contributed by atoms with Crippen molar-refractivity contribution in [1.82, 2.24) is 25.1 Å². The highest BCUT2D eigenvalue weighted by Crippen LogP contribution is 2.22. The molecule has 0 spiro atoms. The van der Waals surface area contributed by atoms with Crippen molar-refractivity contribution >= 4 is 5.91 Å². The van der Waals surface area contributed by atoms with Crippen molar-refractivity contribution in [1.29, 1.82) is 0 Å². The molecule has 1 N–H and O–H groups in total. The molecule has 2 aromatic rings. The van der Waals surface area contributed by atoms with E-state index >= 15 is 0 Å². The molecular weight excluding hydrogens is 298 g/mol. The topological polar surface area (TPSA) is 97.1 Å². The molecular formula is C15H21N5O3. The Labute approximate surface area is 134 Å². The number of carbonyl (C=O) groups is 1. The standard InChI is InChI=1S/C15H21N5O3/c1-4-11-17-14(19-18-11)10-8-20(6-7-22-10)15(21)13-9(3)16-12(5-2)23-13/h10H,4-8H2,1-3H3,(H,17,18,19). The van der Waals surface area contributed by atoms with Crippen LogP contribution in [0.4, 0.5) is 0 Å². The number of nitrogens with zero attached hydrogens (tertiary/aromatic N) is 4. The first-order valence-corrected chi connectivity index (χ1v) is 7.90. The summed E-state index contributed by atoms with van der Waals surface area (Å²) in [7, 11) is 0. The van der Waals surface area contributed by atoms with E-state index in [4.69, 9.17) is 9.15 Å². The van der Waals surface area contributed by atoms with Gasteiger partial charge >= 0.3 is 0 Å². The number of morpholine rings is 1. The van der Waals surface area contributed by atoms with Gasteiger partial charge < -0.3 is 14.1 Å². The number of amides is 1. The van der Waals surface area contributed by atoms with Crippen molar-refractivity contribution in [3.63, 3.8) is 0 Å². The minimum Gasteiger partial charge on any atom is -0.435 e. The molecule has 1 aliphatic heterocycles. The van der Waals surface area contributed by atoms with Gasteiger partial charge in [-0.05, 0) is 6.92 Å². The first kappa shape index (κ1) is 15.7. The lowest BCUT2D eigenvalue weighted by Gasteiger charge is -2.31. The van der Waals surface area contributed by atoms with Gasteiger partial charge in [-0.2, -0.15) is 5.10 Å². The van der Waals surface area contributed by atoms with Gasteiger partial charge in [0.15, 0.2) is 11.7 Å². The fourth-order valence-corrected chi connectivity index (χ4v) is 2.55. The summed E-state index contributed by atoms with van der Waals surface area (Å²) in [5.41, 5.74) is 0.626. The number of rotatable bonds is 4. The largest absolute Gasteiger partial charge is 0.435 e. The number of hydrogen-bond donors (Lipinski definition) is 1. The number of hydrogen-bond acceptors (Lipinski definition) is 6. The van der Waals surface area contributed by atoms with E-state index in [2.05, 4.69) is 20.2 Å². The van der Waals surface area contributed by atoms with E-state index in [1.807, 2.05) is 13.8 Å². The molecule has 1 saturated heterocycles. The molecule has 0 bridgehead atoms. The van der Waals surface area contributed by atoms with Gasteiger partial charge in [0.2, 0.25) is 5.76 Å². The summed E-state index contributed by atoms with van der Waals surface area (Å²) in [6.45, 7) is 7.10. The molecule has 1 fully saturated rings. The first-order valence-electron chi connectivity index (χ1n) is 7.90. The fraction of sp³-hybridized carbons (Fsp3) is 0.600. The number of oxazole rings is 1. The van der Waals surface area contributed by atoms with Gasteiger partial charge in [0, 0.05) is 19.4 Å². The number of carbonyl (C=O) groups excluding carboxylic acids is 1. The second-order valence-corrected chi connectivity index (χ2v) is 5.48. The minimum atomic E-state index is -0.321. The number of aromatic amines is 1. The van der Waals surface area contributed by atoms with Gasteiger partial charge in [-0.1, -0.05) is 13.8 Å². The summed E-state index contributed by atoms with van der Waals surface area (Å²) in [6.07, 6.45) is 1.12. The molecule has 0 aliphatic carbocycles. The Kier molecular flexibility index (Phi) is 4.42. The molecule has 1 unspecified atom stereocenters. The maximum absolute atomic E-state index is 12.7. The summed E-state index contributed by atoms with van der Waals surface area (Å²) in [6, 6.07) is 0. The average Bonchev–Trinajstić information content (AvgIpc) is 3.20. The third-order valence-corrected chi connectivity index (χ3v) is 3.86. The molecule has 1 atom stereocenters. The zero-order valence-corrected chi connectivity index (χ0v) is 13.6. The number of H-pyrrole nitrogens is 1. The molecule has 1 aliphatic rings. The van der Waals surface area contributed by atoms with E-state index < -0.39 is 0 Å². The second kappa shape index (κ2) is 6.49. The third-order valence-electron chi connectivity index (χ3n) is 3.86. The smallest absolute Gasteiger partial charge is 0.291 e. The van der Waals surface area contributed by atoms with E-state index in [0.717, 1.165) is 12.2 Å². The highest BCUT2D eigenvalue weighted by molar-refractivity contribution is 5.92. The first-order chi connectivity index (χ1) is 11.1. The van der Waals surface area contributed by atoms with E-state index in [1.165, 1.54) is 0 Å². The third kappa shape index (κ3) is 3.12. The molecule has 3 rings (SSSR count). The van der Waals surface area contributed by atoms with Crippen molar-refractivity contribution in [2.45, 2.75) is 39.7 Å². The molecule has 1 amide bonds. The quantitative estimate of drug-likeness (QED) is 0.916. The molecule has 23 heavy (non-hydrogen) atoms. The summed E-state index contributed by atoms with van der Waals surface area (Å²) < 4.78 is 11.3. The summed E-state index contributed by atoms with van der Waals surface area (Å²) in [5.74, 6) is 2.13. The molecule has 2 aromatic heterocycles. The Morgan fingerprint density at radius 2 is 2.17 bits per heavy atom. The predicted octanol–water partition coefficient (Wildman–Crippen LogP) is 1.44. The number of nitrogens with one attached hydrogen (secondary N) is 1. The van der Waals surface area contributed by atoms with Crippen molar-refractivity contribution in [3.8, 4) is 0 Å². The van der Waals surface area contributed by atoms with Gasteiger partial charge in [0.05, 0.1) is 18.8 Å². The van der Waals surface area contributed by atoms with Crippen LogP contribution in [0, 0.1) is 6.92 Å². The maximum atomic E-state index is 12.7. The molecule has 8 heteroatoms. The van der Waals surface area contributed by atoms with Crippen LogP contribution in [-0.4, -0.2) is 50.7 Å². The summed E-state index contributed by atoms with van der Waals surface area (Å²) >= 11 is 0. The van der Waals surface area contributed by atoms with Crippen LogP contribution >= 0.6 is 0 Å². The van der Waals surface area contributed by atoms with Gasteiger partial charge in [-0.25, -0.2) is 9.97 Å². The molecule has 3 heterocycles. The van der Waals surface area contributed by atoms with Gasteiger partial charge in [0.1, 0.15) is 11.9 Å². The van der Waals surface area contributed by atoms with Crippen LogP contribution in [0.25, 0.3) is 0 Å². The summed E-state index contributed by atoms with van der Waals surface area (Å²) in [5, 5.41) is 7.05. The summed E-state index contributed by atoms with van der Waals surface area (Å²) in [4.78, 5) is 23.0. The Morgan fingerprint density at radius 1 is 1.35 bits per heavy atom. The van der Waals surface area contributed by atoms with Crippen LogP contribution in [0.3, 0.4) is 0 Å². The Bertz CT molecular complexity index is 693. The monoisotopic (exact) mass is 319 g/mol. The lowest BCUT2D eigenvalue weighted by atomic mass is 10.2. The van der Waals surface area contributed by atoms with Crippen molar-refractivity contribution in [3.05, 3.63) is 29.0 Å². The SMILES string of the molecule is CCc1nc(C2CN(C(=O)c3oc(CC)nc3C)CCO2)n[nH]1. The number of aromatic nitrogens is 4. The van der Waals surface area contributed by atoms with E-state index in [0.29, 0.717) is 49.3 Å². The lowest BCUT2D eigenvalue weighted by Crippen LogP contribution is -2.42. The van der Waals surface area contributed by atoms with Gasteiger partial charge in [0.25, 0.3) is 5.91 Å². The Hall–Kier alpha value is -2.22. The van der Waals surface area contributed by atoms with E-state index in [1.54, 1.807) is 11.8 Å². The number of ether oxygens (including phenoxy) is 1. The highest BCUT2D eigenvalue weighted by atomic mass is 16.5. The minimum absolute atomic E-state index is 0.158. The van der Waals surface area contributed by atoms with Crippen LogP contribution in [0.15, 0.2) is 4.42 Å². The maximum Gasteiger partial charge on any atom is 0.291 e. The molecule has 0 radical (unpaired) electrons. The van der Waals surface area contributed by atoms with Crippen molar-refractivity contribution < 1.29 is 13.9 Å². The fourth-order valence-electron chi connectivity index (χ4n) is 2.55. The van der Waals surface area contributed by atoms with E-state index in [9.17, 15) is 4.79 Å². The van der Waals surface area contributed by atoms with Crippen LogP contribution < -0.4 is 0 Å². The zero-order chi connectivity index (χ0) is 16.4. The molecule has 8 nitrogen and oxygen atoms in total. The van der Waals surface area contributed by atoms with Crippen LogP contribution in [0.1, 0.15) is 53.7 Å². The normalized spacial score (nSPS) is 18.4.